The Morgan fingerprint density at radius 1 is 1.26 bits per heavy atom. The number of pyridine rings is 1. The lowest BCUT2D eigenvalue weighted by Gasteiger charge is -2.04. The number of methoxy groups -OCH3 is 1. The number of ether oxygens (including phenoxy) is 1. The Morgan fingerprint density at radius 3 is 2.74 bits per heavy atom. The maximum atomic E-state index is 14.0. The number of primary amides is 1. The Balaban J connectivity index is 2.14. The summed E-state index contributed by atoms with van der Waals surface area (Å²) in [6, 6.07) is 5.05. The molecule has 0 saturated carbocycles. The third-order valence-electron chi connectivity index (χ3n) is 3.48. The molecule has 2 heterocycles. The molecule has 6 nitrogen and oxygen atoms in total. The van der Waals surface area contributed by atoms with Crippen molar-refractivity contribution in [2.24, 2.45) is 5.73 Å². The summed E-state index contributed by atoms with van der Waals surface area (Å²) in [7, 11) is 1.48. The monoisotopic (exact) mass is 313 g/mol. The molecule has 3 N–H and O–H groups in total. The predicted octanol–water partition coefficient (Wildman–Crippen LogP) is 2.04. The van der Waals surface area contributed by atoms with Crippen LogP contribution in [0.4, 0.5) is 4.39 Å². The SMILES string of the molecule is COc1cnc2[nH]cc(C(=O)c3cc(C(N)=O)ccc3F)c2c1. The van der Waals surface area contributed by atoms with E-state index in [-0.39, 0.29) is 16.7 Å². The van der Waals surface area contributed by atoms with Gasteiger partial charge in [0.2, 0.25) is 5.91 Å². The van der Waals surface area contributed by atoms with Crippen LogP contribution >= 0.6 is 0 Å². The van der Waals surface area contributed by atoms with Crippen molar-refractivity contribution >= 4 is 22.7 Å². The highest BCUT2D eigenvalue weighted by molar-refractivity contribution is 6.16. The summed E-state index contributed by atoms with van der Waals surface area (Å²) in [5.74, 6) is -1.57. The highest BCUT2D eigenvalue weighted by Crippen LogP contribution is 2.24. The predicted molar refractivity (Wildman–Crippen MR) is 81.0 cm³/mol. The van der Waals surface area contributed by atoms with Gasteiger partial charge in [-0.25, -0.2) is 9.37 Å². The molecule has 0 atom stereocenters. The van der Waals surface area contributed by atoms with E-state index in [2.05, 4.69) is 9.97 Å². The number of nitrogens with one attached hydrogen (secondary N) is 1. The van der Waals surface area contributed by atoms with Crippen molar-refractivity contribution in [3.05, 3.63) is 59.2 Å². The van der Waals surface area contributed by atoms with Crippen LogP contribution < -0.4 is 10.5 Å². The van der Waals surface area contributed by atoms with Gasteiger partial charge in [-0.15, -0.1) is 0 Å². The number of benzene rings is 1. The highest BCUT2D eigenvalue weighted by atomic mass is 19.1. The number of hydrogen-bond acceptors (Lipinski definition) is 4. The van der Waals surface area contributed by atoms with E-state index >= 15 is 0 Å². The second-order valence-electron chi connectivity index (χ2n) is 4.86. The molecule has 2 aromatic heterocycles. The van der Waals surface area contributed by atoms with Crippen molar-refractivity contribution in [1.29, 1.82) is 0 Å². The molecule has 1 amide bonds. The molecule has 1 aromatic carbocycles. The number of aromatic amines is 1. The van der Waals surface area contributed by atoms with E-state index in [1.165, 1.54) is 25.6 Å². The molecule has 0 radical (unpaired) electrons. The van der Waals surface area contributed by atoms with Gasteiger partial charge in [-0.2, -0.15) is 0 Å². The smallest absolute Gasteiger partial charge is 0.248 e. The summed E-state index contributed by atoms with van der Waals surface area (Å²) in [5, 5.41) is 0.498. The molecule has 3 aromatic rings. The first-order valence-corrected chi connectivity index (χ1v) is 6.66. The van der Waals surface area contributed by atoms with Crippen molar-refractivity contribution in [2.45, 2.75) is 0 Å². The Morgan fingerprint density at radius 2 is 2.04 bits per heavy atom. The topological polar surface area (TPSA) is 98.1 Å². The third kappa shape index (κ3) is 2.52. The normalized spacial score (nSPS) is 10.7. The number of hydrogen-bond donors (Lipinski definition) is 2. The number of rotatable bonds is 4. The largest absolute Gasteiger partial charge is 0.495 e. The van der Waals surface area contributed by atoms with Crippen molar-refractivity contribution in [3.63, 3.8) is 0 Å². The second kappa shape index (κ2) is 5.53. The summed E-state index contributed by atoms with van der Waals surface area (Å²) in [4.78, 5) is 30.8. The number of nitrogens with zero attached hydrogens (tertiary/aromatic N) is 1. The van der Waals surface area contributed by atoms with Crippen LogP contribution in [0, 0.1) is 5.82 Å². The summed E-state index contributed by atoms with van der Waals surface area (Å²) in [5.41, 5.74) is 5.71. The minimum Gasteiger partial charge on any atom is -0.495 e. The Hall–Kier alpha value is -3.22. The van der Waals surface area contributed by atoms with Gasteiger partial charge in [-0.1, -0.05) is 0 Å². The van der Waals surface area contributed by atoms with Gasteiger partial charge in [0.25, 0.3) is 0 Å². The van der Waals surface area contributed by atoms with Crippen LogP contribution in [-0.2, 0) is 0 Å². The van der Waals surface area contributed by atoms with Gasteiger partial charge in [-0.05, 0) is 24.3 Å². The summed E-state index contributed by atoms with van der Waals surface area (Å²) >= 11 is 0. The number of nitrogens with two attached hydrogens (primary N) is 1. The molecule has 116 valence electrons. The van der Waals surface area contributed by atoms with Crippen LogP contribution in [0.2, 0.25) is 0 Å². The number of aromatic nitrogens is 2. The van der Waals surface area contributed by atoms with E-state index in [1.807, 2.05) is 0 Å². The van der Waals surface area contributed by atoms with Crippen molar-refractivity contribution in [2.75, 3.05) is 7.11 Å². The maximum absolute atomic E-state index is 14.0. The third-order valence-corrected chi connectivity index (χ3v) is 3.48. The first kappa shape index (κ1) is 14.7. The van der Waals surface area contributed by atoms with Crippen LogP contribution in [-0.4, -0.2) is 28.8 Å². The molecule has 0 aliphatic rings. The number of carbonyl (C=O) groups is 2. The Bertz CT molecular complexity index is 933. The summed E-state index contributed by atoms with van der Waals surface area (Å²) in [6.07, 6.45) is 2.94. The molecule has 0 spiro atoms. The van der Waals surface area contributed by atoms with Gasteiger partial charge >= 0.3 is 0 Å². The van der Waals surface area contributed by atoms with Gasteiger partial charge in [0, 0.05) is 22.7 Å². The minimum atomic E-state index is -0.735. The van der Waals surface area contributed by atoms with Crippen LogP contribution in [0.5, 0.6) is 5.75 Å². The van der Waals surface area contributed by atoms with E-state index in [1.54, 1.807) is 6.07 Å². The lowest BCUT2D eigenvalue weighted by molar-refractivity contribution is 0.1000. The van der Waals surface area contributed by atoms with E-state index in [4.69, 9.17) is 10.5 Å². The summed E-state index contributed by atoms with van der Waals surface area (Å²) in [6.45, 7) is 0. The Labute approximate surface area is 130 Å². The van der Waals surface area contributed by atoms with Gasteiger partial charge in [-0.3, -0.25) is 9.59 Å². The van der Waals surface area contributed by atoms with Crippen molar-refractivity contribution in [3.8, 4) is 5.75 Å². The van der Waals surface area contributed by atoms with Crippen LogP contribution in [0.15, 0.2) is 36.7 Å². The number of amides is 1. The molecule has 0 aliphatic heterocycles. The zero-order valence-corrected chi connectivity index (χ0v) is 12.1. The van der Waals surface area contributed by atoms with Crippen LogP contribution in [0.1, 0.15) is 26.3 Å². The average Bonchev–Trinajstić information content (AvgIpc) is 2.97. The van der Waals surface area contributed by atoms with Crippen molar-refractivity contribution < 1.29 is 18.7 Å². The number of fused-ring (bicyclic) bond motifs is 1. The first-order chi connectivity index (χ1) is 11.0. The zero-order valence-electron chi connectivity index (χ0n) is 12.1. The van der Waals surface area contributed by atoms with E-state index < -0.39 is 17.5 Å². The van der Waals surface area contributed by atoms with Crippen LogP contribution in [0.25, 0.3) is 11.0 Å². The fraction of sp³-hybridized carbons (Fsp3) is 0.0625. The van der Waals surface area contributed by atoms with E-state index in [0.29, 0.717) is 16.8 Å². The molecule has 0 saturated heterocycles. The highest BCUT2D eigenvalue weighted by Gasteiger charge is 2.20. The van der Waals surface area contributed by atoms with Gasteiger partial charge in [0.05, 0.1) is 18.9 Å². The average molecular weight is 313 g/mol. The number of halogens is 1. The molecule has 0 fully saturated rings. The second-order valence-corrected chi connectivity index (χ2v) is 4.86. The molecule has 23 heavy (non-hydrogen) atoms. The lowest BCUT2D eigenvalue weighted by atomic mass is 10.0. The molecular weight excluding hydrogens is 301 g/mol. The quantitative estimate of drug-likeness (QED) is 0.720. The van der Waals surface area contributed by atoms with Crippen molar-refractivity contribution in [1.82, 2.24) is 9.97 Å². The van der Waals surface area contributed by atoms with E-state index in [0.717, 1.165) is 12.1 Å². The van der Waals surface area contributed by atoms with Gasteiger partial charge in [0.15, 0.2) is 5.78 Å². The molecular formula is C16H12FN3O3. The fourth-order valence-corrected chi connectivity index (χ4v) is 2.28. The molecule has 3 rings (SSSR count). The minimum absolute atomic E-state index is 0.0605. The maximum Gasteiger partial charge on any atom is 0.248 e. The number of ketones is 1. The lowest BCUT2D eigenvalue weighted by Crippen LogP contribution is -2.13. The number of H-pyrrole nitrogens is 1. The van der Waals surface area contributed by atoms with Gasteiger partial charge in [0.1, 0.15) is 17.2 Å². The zero-order chi connectivity index (χ0) is 16.6. The standard InChI is InChI=1S/C16H12FN3O3/c1-23-9-5-10-12(7-20-16(10)19-6-9)14(21)11-4-8(15(18)22)2-3-13(11)17/h2-7H,1H3,(H2,18,22)(H,19,20). The number of carbonyl (C=O) groups excluding carboxylic acids is 2. The molecule has 7 heteroatoms. The first-order valence-electron chi connectivity index (χ1n) is 6.66. The van der Waals surface area contributed by atoms with E-state index in [9.17, 15) is 14.0 Å². The van der Waals surface area contributed by atoms with Crippen LogP contribution in [0.3, 0.4) is 0 Å². The summed E-state index contributed by atoms with van der Waals surface area (Å²) < 4.78 is 19.1. The fourth-order valence-electron chi connectivity index (χ4n) is 2.28. The molecule has 0 aliphatic carbocycles. The Kier molecular flexibility index (Phi) is 3.53. The molecule has 0 unspecified atom stereocenters. The molecule has 0 bridgehead atoms. The van der Waals surface area contributed by atoms with Gasteiger partial charge < -0.3 is 15.5 Å².